The van der Waals surface area contributed by atoms with E-state index in [2.05, 4.69) is 20.2 Å². The standard InChI is InChI=1S/C23H19N7/c1-14-25-23(30-29-14)19-12-11-18-22(27-19)28-21(17-9-7-15(13-24)8-10-17)20(26-18)16-5-3-2-4-6-16/h2-12H,13,24H2,1H3,(H,25,29,30). The van der Waals surface area contributed by atoms with Gasteiger partial charge in [-0.1, -0.05) is 54.6 Å². The van der Waals surface area contributed by atoms with Crippen molar-refractivity contribution in [2.24, 2.45) is 5.73 Å². The molecule has 5 aromatic rings. The SMILES string of the molecule is Cc1nc(-c2ccc3nc(-c4ccccc4)c(-c4ccc(CN)cc4)nc3n2)n[nH]1. The number of aromatic amines is 1. The number of H-pyrrole nitrogens is 1. The predicted molar refractivity (Wildman–Crippen MR) is 116 cm³/mol. The van der Waals surface area contributed by atoms with Gasteiger partial charge in [-0.2, -0.15) is 5.10 Å². The van der Waals surface area contributed by atoms with Gasteiger partial charge in [0.1, 0.15) is 17.0 Å². The summed E-state index contributed by atoms with van der Waals surface area (Å²) < 4.78 is 0. The minimum Gasteiger partial charge on any atom is -0.326 e. The van der Waals surface area contributed by atoms with Crippen molar-refractivity contribution < 1.29 is 0 Å². The molecule has 0 amide bonds. The molecule has 0 aliphatic rings. The maximum Gasteiger partial charge on any atom is 0.199 e. The van der Waals surface area contributed by atoms with E-state index in [1.54, 1.807) is 0 Å². The van der Waals surface area contributed by atoms with Gasteiger partial charge < -0.3 is 5.73 Å². The van der Waals surface area contributed by atoms with Crippen molar-refractivity contribution in [2.45, 2.75) is 13.5 Å². The van der Waals surface area contributed by atoms with Crippen LogP contribution < -0.4 is 5.73 Å². The largest absolute Gasteiger partial charge is 0.326 e. The Morgan fingerprint density at radius 1 is 0.767 bits per heavy atom. The maximum absolute atomic E-state index is 5.76. The fraction of sp³-hybridized carbons (Fsp3) is 0.0870. The van der Waals surface area contributed by atoms with Crippen molar-refractivity contribution >= 4 is 11.2 Å². The Kier molecular flexibility index (Phi) is 4.49. The number of nitrogens with zero attached hydrogens (tertiary/aromatic N) is 5. The highest BCUT2D eigenvalue weighted by molar-refractivity contribution is 5.85. The third kappa shape index (κ3) is 3.31. The molecular formula is C23H19N7. The van der Waals surface area contributed by atoms with Crippen LogP contribution >= 0.6 is 0 Å². The topological polar surface area (TPSA) is 106 Å². The Hall–Kier alpha value is -3.97. The summed E-state index contributed by atoms with van der Waals surface area (Å²) in [4.78, 5) is 18.8. The number of rotatable bonds is 4. The van der Waals surface area contributed by atoms with Crippen LogP contribution in [0.2, 0.25) is 0 Å². The first-order valence-electron chi connectivity index (χ1n) is 9.64. The second-order valence-electron chi connectivity index (χ2n) is 6.97. The lowest BCUT2D eigenvalue weighted by molar-refractivity contribution is 1.04. The van der Waals surface area contributed by atoms with E-state index in [0.29, 0.717) is 29.2 Å². The summed E-state index contributed by atoms with van der Waals surface area (Å²) in [6.07, 6.45) is 0. The molecule has 0 radical (unpaired) electrons. The average Bonchev–Trinajstić information content (AvgIpc) is 3.25. The Morgan fingerprint density at radius 2 is 1.50 bits per heavy atom. The molecule has 2 aromatic carbocycles. The fourth-order valence-electron chi connectivity index (χ4n) is 3.32. The van der Waals surface area contributed by atoms with E-state index in [9.17, 15) is 0 Å². The van der Waals surface area contributed by atoms with Crippen LogP contribution in [0.4, 0.5) is 0 Å². The van der Waals surface area contributed by atoms with Crippen LogP contribution in [0.15, 0.2) is 66.7 Å². The molecule has 0 aliphatic heterocycles. The van der Waals surface area contributed by atoms with Crippen LogP contribution in [0.3, 0.4) is 0 Å². The van der Waals surface area contributed by atoms with Crippen molar-refractivity contribution in [1.82, 2.24) is 30.1 Å². The number of nitrogens with two attached hydrogens (primary N) is 1. The number of fused-ring (bicyclic) bond motifs is 1. The van der Waals surface area contributed by atoms with E-state index in [1.807, 2.05) is 73.7 Å². The molecule has 3 N–H and O–H groups in total. The minimum atomic E-state index is 0.496. The van der Waals surface area contributed by atoms with Gasteiger partial charge in [0.15, 0.2) is 11.5 Å². The van der Waals surface area contributed by atoms with Crippen LogP contribution in [0, 0.1) is 6.92 Å². The summed E-state index contributed by atoms with van der Waals surface area (Å²) >= 11 is 0. The lowest BCUT2D eigenvalue weighted by Crippen LogP contribution is -1.99. The monoisotopic (exact) mass is 393 g/mol. The minimum absolute atomic E-state index is 0.496. The van der Waals surface area contributed by atoms with Crippen LogP contribution in [0.5, 0.6) is 0 Å². The number of aromatic nitrogens is 6. The second kappa shape index (κ2) is 7.46. The van der Waals surface area contributed by atoms with Crippen LogP contribution in [0.25, 0.3) is 45.2 Å². The summed E-state index contributed by atoms with van der Waals surface area (Å²) in [6, 6.07) is 21.9. The molecule has 7 heteroatoms. The highest BCUT2D eigenvalue weighted by Crippen LogP contribution is 2.31. The molecule has 0 saturated heterocycles. The lowest BCUT2D eigenvalue weighted by Gasteiger charge is -2.11. The molecule has 0 unspecified atom stereocenters. The van der Waals surface area contributed by atoms with Crippen LogP contribution in [0.1, 0.15) is 11.4 Å². The number of benzene rings is 2. The molecule has 0 aliphatic carbocycles. The Bertz CT molecular complexity index is 1330. The quantitative estimate of drug-likeness (QED) is 0.479. The Labute approximate surface area is 173 Å². The van der Waals surface area contributed by atoms with Crippen LogP contribution in [-0.4, -0.2) is 30.1 Å². The molecule has 0 saturated carbocycles. The summed E-state index contributed by atoms with van der Waals surface area (Å²) in [6.45, 7) is 2.35. The van der Waals surface area contributed by atoms with Gasteiger partial charge in [0.05, 0.1) is 11.4 Å². The molecule has 3 aromatic heterocycles. The highest BCUT2D eigenvalue weighted by atomic mass is 15.2. The van der Waals surface area contributed by atoms with Gasteiger partial charge >= 0.3 is 0 Å². The van der Waals surface area contributed by atoms with Gasteiger partial charge in [-0.05, 0) is 24.6 Å². The summed E-state index contributed by atoms with van der Waals surface area (Å²) in [5.41, 5.74) is 12.3. The smallest absolute Gasteiger partial charge is 0.199 e. The van der Waals surface area contributed by atoms with Crippen molar-refractivity contribution in [3.05, 3.63) is 78.1 Å². The molecule has 5 rings (SSSR count). The van der Waals surface area contributed by atoms with Crippen molar-refractivity contribution in [2.75, 3.05) is 0 Å². The molecule has 0 atom stereocenters. The average molecular weight is 393 g/mol. The molecule has 7 nitrogen and oxygen atoms in total. The first kappa shape index (κ1) is 18.1. The first-order chi connectivity index (χ1) is 14.7. The molecule has 146 valence electrons. The molecule has 0 spiro atoms. The predicted octanol–water partition coefficient (Wildman–Crippen LogP) is 3.91. The van der Waals surface area contributed by atoms with Crippen molar-refractivity contribution in [3.8, 4) is 34.0 Å². The maximum atomic E-state index is 5.76. The van der Waals surface area contributed by atoms with Gasteiger partial charge in [-0.3, -0.25) is 5.10 Å². The van der Waals surface area contributed by atoms with Crippen molar-refractivity contribution in [3.63, 3.8) is 0 Å². The lowest BCUT2D eigenvalue weighted by atomic mass is 10.0. The highest BCUT2D eigenvalue weighted by Gasteiger charge is 2.15. The fourth-order valence-corrected chi connectivity index (χ4v) is 3.32. The van der Waals surface area contributed by atoms with Crippen LogP contribution in [-0.2, 0) is 6.54 Å². The number of pyridine rings is 1. The van der Waals surface area contributed by atoms with E-state index < -0.39 is 0 Å². The van der Waals surface area contributed by atoms with Gasteiger partial charge in [0, 0.05) is 17.7 Å². The number of hydrogen-bond acceptors (Lipinski definition) is 6. The molecule has 0 fully saturated rings. The number of hydrogen-bond donors (Lipinski definition) is 2. The van der Waals surface area contributed by atoms with Gasteiger partial charge in [-0.25, -0.2) is 19.9 Å². The van der Waals surface area contributed by atoms with E-state index in [-0.39, 0.29) is 0 Å². The zero-order valence-corrected chi connectivity index (χ0v) is 16.4. The third-order valence-electron chi connectivity index (χ3n) is 4.87. The number of nitrogens with one attached hydrogen (secondary N) is 1. The summed E-state index contributed by atoms with van der Waals surface area (Å²) in [5, 5.41) is 7.05. The van der Waals surface area contributed by atoms with E-state index >= 15 is 0 Å². The molecule has 0 bridgehead atoms. The van der Waals surface area contributed by atoms with E-state index in [1.165, 1.54) is 0 Å². The second-order valence-corrected chi connectivity index (χ2v) is 6.97. The normalized spacial score (nSPS) is 11.1. The van der Waals surface area contributed by atoms with Crippen molar-refractivity contribution in [1.29, 1.82) is 0 Å². The van der Waals surface area contributed by atoms with E-state index in [4.69, 9.17) is 15.7 Å². The first-order valence-corrected chi connectivity index (χ1v) is 9.64. The molecule has 30 heavy (non-hydrogen) atoms. The van der Waals surface area contributed by atoms with Gasteiger partial charge in [0.2, 0.25) is 0 Å². The summed E-state index contributed by atoms with van der Waals surface area (Å²) in [7, 11) is 0. The molecule has 3 heterocycles. The zero-order valence-electron chi connectivity index (χ0n) is 16.4. The van der Waals surface area contributed by atoms with Gasteiger partial charge in [-0.15, -0.1) is 0 Å². The number of aryl methyl sites for hydroxylation is 1. The third-order valence-corrected chi connectivity index (χ3v) is 4.87. The Balaban J connectivity index is 1.72. The molecular weight excluding hydrogens is 374 g/mol. The van der Waals surface area contributed by atoms with Gasteiger partial charge in [0.25, 0.3) is 0 Å². The Morgan fingerprint density at radius 3 is 2.20 bits per heavy atom. The van der Waals surface area contributed by atoms with E-state index in [0.717, 1.165) is 33.9 Å². The summed E-state index contributed by atoms with van der Waals surface area (Å²) in [5.74, 6) is 1.27. The zero-order chi connectivity index (χ0) is 20.5.